The monoisotopic (exact) mass is 314 g/mol. The van der Waals surface area contributed by atoms with E-state index in [9.17, 15) is 14.0 Å². The molecule has 0 aliphatic rings. The third-order valence-electron chi connectivity index (χ3n) is 3.62. The fourth-order valence-electron chi connectivity index (χ4n) is 2.38. The Morgan fingerprint density at radius 1 is 1.30 bits per heavy atom. The summed E-state index contributed by atoms with van der Waals surface area (Å²) < 4.78 is 18.6. The molecule has 5 nitrogen and oxygen atoms in total. The second kappa shape index (κ2) is 6.08. The summed E-state index contributed by atoms with van der Waals surface area (Å²) in [5.41, 5.74) is 1.95. The van der Waals surface area contributed by atoms with Gasteiger partial charge in [0.05, 0.1) is 5.52 Å². The predicted octanol–water partition coefficient (Wildman–Crippen LogP) is 3.08. The van der Waals surface area contributed by atoms with E-state index in [2.05, 4.69) is 10.3 Å². The second-order valence-corrected chi connectivity index (χ2v) is 5.41. The summed E-state index contributed by atoms with van der Waals surface area (Å²) in [6.07, 6.45) is 0.306. The molecule has 23 heavy (non-hydrogen) atoms. The Bertz CT molecular complexity index is 913. The number of carbonyl (C=O) groups excluding carboxylic acids is 1. The van der Waals surface area contributed by atoms with Gasteiger partial charge in [0, 0.05) is 17.7 Å². The van der Waals surface area contributed by atoms with E-state index in [1.165, 1.54) is 6.07 Å². The molecule has 0 saturated heterocycles. The summed E-state index contributed by atoms with van der Waals surface area (Å²) in [6, 6.07) is 11.3. The van der Waals surface area contributed by atoms with Crippen LogP contribution >= 0.6 is 0 Å². The van der Waals surface area contributed by atoms with Gasteiger partial charge < -0.3 is 9.73 Å². The van der Waals surface area contributed by atoms with Gasteiger partial charge in [-0.2, -0.15) is 0 Å². The lowest BCUT2D eigenvalue weighted by molar-refractivity contribution is -0.119. The topological polar surface area (TPSA) is 75.1 Å². The quantitative estimate of drug-likeness (QED) is 0.777. The molecule has 3 aromatic rings. The maximum absolute atomic E-state index is 13.6. The summed E-state index contributed by atoms with van der Waals surface area (Å²) in [5.74, 6) is -1.50. The molecule has 1 aromatic heterocycles. The van der Waals surface area contributed by atoms with Gasteiger partial charge >= 0.3 is 5.76 Å². The van der Waals surface area contributed by atoms with Crippen LogP contribution < -0.4 is 11.1 Å². The molecule has 0 spiro atoms. The van der Waals surface area contributed by atoms with Crippen LogP contribution in [0, 0.1) is 11.7 Å². The first kappa shape index (κ1) is 15.0. The van der Waals surface area contributed by atoms with E-state index in [1.54, 1.807) is 43.3 Å². The molecule has 6 heteroatoms. The van der Waals surface area contributed by atoms with Gasteiger partial charge in [0.1, 0.15) is 5.82 Å². The van der Waals surface area contributed by atoms with Crippen LogP contribution in [-0.2, 0) is 11.2 Å². The number of carbonyl (C=O) groups is 1. The first-order valence-electron chi connectivity index (χ1n) is 7.20. The molecule has 0 aliphatic heterocycles. The third kappa shape index (κ3) is 3.31. The molecule has 0 saturated carbocycles. The zero-order valence-electron chi connectivity index (χ0n) is 12.4. The minimum Gasteiger partial charge on any atom is -0.408 e. The lowest BCUT2D eigenvalue weighted by atomic mass is 10.00. The van der Waals surface area contributed by atoms with Crippen molar-refractivity contribution in [1.82, 2.24) is 4.98 Å². The summed E-state index contributed by atoms with van der Waals surface area (Å²) >= 11 is 0. The Kier molecular flexibility index (Phi) is 3.97. The normalized spacial score (nSPS) is 12.3. The van der Waals surface area contributed by atoms with Crippen molar-refractivity contribution in [3.63, 3.8) is 0 Å². The van der Waals surface area contributed by atoms with Crippen molar-refractivity contribution in [3.05, 3.63) is 64.4 Å². The Labute approximate surface area is 131 Å². The van der Waals surface area contributed by atoms with Crippen molar-refractivity contribution >= 4 is 22.7 Å². The SMILES string of the molecule is CC(Cc1ccccc1F)C(=O)Nc1ccc2[nH]c(=O)oc2c1. The zero-order chi connectivity index (χ0) is 16.4. The predicted molar refractivity (Wildman–Crippen MR) is 84.7 cm³/mol. The van der Waals surface area contributed by atoms with Crippen LogP contribution in [0.1, 0.15) is 12.5 Å². The van der Waals surface area contributed by atoms with Crippen molar-refractivity contribution in [1.29, 1.82) is 0 Å². The molecule has 1 amide bonds. The van der Waals surface area contributed by atoms with Gasteiger partial charge in [0.15, 0.2) is 5.58 Å². The number of rotatable bonds is 4. The number of fused-ring (bicyclic) bond motifs is 1. The number of benzene rings is 2. The molecule has 2 aromatic carbocycles. The van der Waals surface area contributed by atoms with Gasteiger partial charge in [0.25, 0.3) is 0 Å². The van der Waals surface area contributed by atoms with E-state index < -0.39 is 11.7 Å². The van der Waals surface area contributed by atoms with Crippen molar-refractivity contribution in [2.75, 3.05) is 5.32 Å². The van der Waals surface area contributed by atoms with E-state index in [4.69, 9.17) is 4.42 Å². The molecule has 1 heterocycles. The highest BCUT2D eigenvalue weighted by Crippen LogP contribution is 2.18. The fraction of sp³-hybridized carbons (Fsp3) is 0.176. The minimum atomic E-state index is -0.545. The standard InChI is InChI=1S/C17H15FN2O3/c1-10(8-11-4-2-3-5-13(11)18)16(21)19-12-6-7-14-15(9-12)23-17(22)20-14/h2-7,9-10H,8H2,1H3,(H,19,21)(H,20,22). The lowest BCUT2D eigenvalue weighted by Crippen LogP contribution is -2.22. The molecular weight excluding hydrogens is 299 g/mol. The average molecular weight is 314 g/mol. The highest BCUT2D eigenvalue weighted by molar-refractivity contribution is 5.94. The van der Waals surface area contributed by atoms with Crippen molar-refractivity contribution in [2.45, 2.75) is 13.3 Å². The third-order valence-corrected chi connectivity index (χ3v) is 3.62. The van der Waals surface area contributed by atoms with E-state index in [1.807, 2.05) is 0 Å². The smallest absolute Gasteiger partial charge is 0.408 e. The van der Waals surface area contributed by atoms with Crippen LogP contribution in [0.15, 0.2) is 51.7 Å². The van der Waals surface area contributed by atoms with Crippen molar-refractivity contribution in [3.8, 4) is 0 Å². The summed E-state index contributed by atoms with van der Waals surface area (Å²) in [7, 11) is 0. The molecule has 0 aliphatic carbocycles. The van der Waals surface area contributed by atoms with Crippen molar-refractivity contribution in [2.24, 2.45) is 5.92 Å². The number of aromatic nitrogens is 1. The molecule has 0 fully saturated rings. The number of halogens is 1. The number of amides is 1. The minimum absolute atomic E-state index is 0.231. The first-order valence-corrected chi connectivity index (χ1v) is 7.20. The molecule has 1 unspecified atom stereocenters. The largest absolute Gasteiger partial charge is 0.417 e. The number of hydrogen-bond donors (Lipinski definition) is 2. The number of anilines is 1. The molecule has 0 radical (unpaired) electrons. The van der Waals surface area contributed by atoms with Gasteiger partial charge in [-0.3, -0.25) is 9.78 Å². The number of H-pyrrole nitrogens is 1. The Morgan fingerprint density at radius 2 is 2.09 bits per heavy atom. The van der Waals surface area contributed by atoms with E-state index >= 15 is 0 Å². The molecule has 1 atom stereocenters. The van der Waals surface area contributed by atoms with Gasteiger partial charge in [-0.15, -0.1) is 0 Å². The maximum atomic E-state index is 13.6. The summed E-state index contributed by atoms with van der Waals surface area (Å²) in [5, 5.41) is 2.75. The maximum Gasteiger partial charge on any atom is 0.417 e. The number of oxazole rings is 1. The zero-order valence-corrected chi connectivity index (χ0v) is 12.4. The second-order valence-electron chi connectivity index (χ2n) is 5.41. The Hall–Kier alpha value is -2.89. The Morgan fingerprint density at radius 3 is 2.87 bits per heavy atom. The highest BCUT2D eigenvalue weighted by Gasteiger charge is 2.16. The number of hydrogen-bond acceptors (Lipinski definition) is 3. The number of aromatic amines is 1. The molecule has 3 rings (SSSR count). The fourth-order valence-corrected chi connectivity index (χ4v) is 2.38. The lowest BCUT2D eigenvalue weighted by Gasteiger charge is -2.12. The number of nitrogens with one attached hydrogen (secondary N) is 2. The van der Waals surface area contributed by atoms with Crippen LogP contribution in [-0.4, -0.2) is 10.9 Å². The van der Waals surface area contributed by atoms with Gasteiger partial charge in [0.2, 0.25) is 5.91 Å². The molecule has 118 valence electrons. The Balaban J connectivity index is 1.72. The van der Waals surface area contributed by atoms with E-state index in [0.29, 0.717) is 28.8 Å². The molecule has 0 bridgehead atoms. The van der Waals surface area contributed by atoms with E-state index in [0.717, 1.165) is 0 Å². The summed E-state index contributed by atoms with van der Waals surface area (Å²) in [4.78, 5) is 25.9. The van der Waals surface area contributed by atoms with Gasteiger partial charge in [-0.1, -0.05) is 25.1 Å². The first-order chi connectivity index (χ1) is 11.0. The van der Waals surface area contributed by atoms with Crippen LogP contribution in [0.4, 0.5) is 10.1 Å². The van der Waals surface area contributed by atoms with Gasteiger partial charge in [-0.25, -0.2) is 9.18 Å². The van der Waals surface area contributed by atoms with Crippen molar-refractivity contribution < 1.29 is 13.6 Å². The van der Waals surface area contributed by atoms with Gasteiger partial charge in [-0.05, 0) is 30.2 Å². The average Bonchev–Trinajstić information content (AvgIpc) is 2.88. The van der Waals surface area contributed by atoms with Crippen LogP contribution in [0.5, 0.6) is 0 Å². The van der Waals surface area contributed by atoms with Crippen LogP contribution in [0.25, 0.3) is 11.1 Å². The molecular formula is C17H15FN2O3. The van der Waals surface area contributed by atoms with Crippen LogP contribution in [0.3, 0.4) is 0 Å². The molecule has 2 N–H and O–H groups in total. The van der Waals surface area contributed by atoms with E-state index in [-0.39, 0.29) is 11.7 Å². The van der Waals surface area contributed by atoms with Crippen LogP contribution in [0.2, 0.25) is 0 Å². The highest BCUT2D eigenvalue weighted by atomic mass is 19.1. The summed E-state index contributed by atoms with van der Waals surface area (Å²) in [6.45, 7) is 1.73.